The van der Waals surface area contributed by atoms with Gasteiger partial charge in [-0.05, 0) is 59.8 Å². The molecule has 20 heavy (non-hydrogen) atoms. The highest BCUT2D eigenvalue weighted by molar-refractivity contribution is 5.80. The van der Waals surface area contributed by atoms with Crippen LogP contribution in [-0.4, -0.2) is 35.1 Å². The normalized spacial score (nSPS) is 38.9. The molecule has 0 saturated carbocycles. The van der Waals surface area contributed by atoms with Gasteiger partial charge in [-0.1, -0.05) is 0 Å². The van der Waals surface area contributed by atoms with Crippen LogP contribution in [0, 0.1) is 5.92 Å². The van der Waals surface area contributed by atoms with Gasteiger partial charge in [-0.3, -0.25) is 4.79 Å². The summed E-state index contributed by atoms with van der Waals surface area (Å²) in [5.74, 6) is 0.484. The monoisotopic (exact) mass is 279 g/mol. The van der Waals surface area contributed by atoms with Crippen molar-refractivity contribution in [1.29, 1.82) is 0 Å². The Morgan fingerprint density at radius 3 is 2.25 bits per heavy atom. The first-order valence-corrected chi connectivity index (χ1v) is 8.10. The molecule has 4 heteroatoms. The molecule has 3 rings (SSSR count). The Labute approximate surface area is 122 Å². The molecule has 3 fully saturated rings. The van der Waals surface area contributed by atoms with Crippen molar-refractivity contribution < 1.29 is 4.79 Å². The second kappa shape index (κ2) is 4.70. The van der Waals surface area contributed by atoms with E-state index in [9.17, 15) is 4.79 Å². The highest BCUT2D eigenvalue weighted by Gasteiger charge is 2.44. The van der Waals surface area contributed by atoms with Crippen LogP contribution < -0.4 is 16.0 Å². The van der Waals surface area contributed by atoms with E-state index in [1.54, 1.807) is 0 Å². The van der Waals surface area contributed by atoms with Crippen LogP contribution in [0.2, 0.25) is 0 Å². The quantitative estimate of drug-likeness (QED) is 0.719. The molecule has 3 heterocycles. The average molecular weight is 279 g/mol. The third-order valence-electron chi connectivity index (χ3n) is 5.17. The summed E-state index contributed by atoms with van der Waals surface area (Å²) in [6.45, 7) is 8.91. The zero-order valence-corrected chi connectivity index (χ0v) is 13.3. The summed E-state index contributed by atoms with van der Waals surface area (Å²) < 4.78 is 0. The topological polar surface area (TPSA) is 53.2 Å². The molecule has 3 aliphatic rings. The van der Waals surface area contributed by atoms with Crippen molar-refractivity contribution in [2.24, 2.45) is 5.92 Å². The number of nitrogens with one attached hydrogen (secondary N) is 3. The van der Waals surface area contributed by atoms with Crippen molar-refractivity contribution in [2.45, 2.75) is 89.0 Å². The van der Waals surface area contributed by atoms with Crippen molar-refractivity contribution in [3.8, 4) is 0 Å². The van der Waals surface area contributed by atoms with Gasteiger partial charge in [-0.2, -0.15) is 0 Å². The fourth-order valence-electron chi connectivity index (χ4n) is 4.85. The van der Waals surface area contributed by atoms with Gasteiger partial charge in [-0.15, -0.1) is 0 Å². The number of fused-ring (bicyclic) bond motifs is 2. The summed E-state index contributed by atoms with van der Waals surface area (Å²) in [5, 5.41) is 10.6. The molecule has 114 valence electrons. The van der Waals surface area contributed by atoms with E-state index in [2.05, 4.69) is 43.6 Å². The molecule has 3 N–H and O–H groups in total. The molecule has 4 nitrogen and oxygen atoms in total. The maximum absolute atomic E-state index is 12.6. The third kappa shape index (κ3) is 2.86. The largest absolute Gasteiger partial charge is 0.353 e. The molecule has 0 aromatic rings. The highest BCUT2D eigenvalue weighted by Crippen LogP contribution is 2.34. The van der Waals surface area contributed by atoms with E-state index < -0.39 is 0 Å². The maximum atomic E-state index is 12.6. The molecule has 1 amide bonds. The van der Waals surface area contributed by atoms with Gasteiger partial charge >= 0.3 is 0 Å². The van der Waals surface area contributed by atoms with E-state index in [0.29, 0.717) is 18.1 Å². The predicted octanol–water partition coefficient (Wildman–Crippen LogP) is 1.55. The van der Waals surface area contributed by atoms with Gasteiger partial charge in [0.25, 0.3) is 0 Å². The molecule has 3 aliphatic heterocycles. The maximum Gasteiger partial charge on any atom is 0.224 e. The van der Waals surface area contributed by atoms with Crippen LogP contribution in [0.1, 0.15) is 59.8 Å². The van der Waals surface area contributed by atoms with Gasteiger partial charge in [0.1, 0.15) is 0 Å². The summed E-state index contributed by atoms with van der Waals surface area (Å²) in [6.07, 6.45) is 5.48. The molecule has 0 radical (unpaired) electrons. The molecule has 2 bridgehead atoms. The van der Waals surface area contributed by atoms with E-state index in [1.165, 1.54) is 12.8 Å². The Bertz CT molecular complexity index is 389. The lowest BCUT2D eigenvalue weighted by Crippen LogP contribution is -2.62. The standard InChI is InChI=1S/C16H29N3O/c1-15(2)8-11(9-16(3,4)19-15)18-14(20)12-7-10-5-6-13(12)17-10/h10-13,17,19H,5-9H2,1-4H3,(H,18,20). The Hall–Kier alpha value is -0.610. The molecular weight excluding hydrogens is 250 g/mol. The second-order valence-electron chi connectivity index (χ2n) is 8.40. The van der Waals surface area contributed by atoms with E-state index in [0.717, 1.165) is 19.3 Å². The highest BCUT2D eigenvalue weighted by atomic mass is 16.2. The van der Waals surface area contributed by atoms with Crippen LogP contribution in [0.4, 0.5) is 0 Å². The van der Waals surface area contributed by atoms with Crippen molar-refractivity contribution in [3.05, 3.63) is 0 Å². The predicted molar refractivity (Wildman–Crippen MR) is 80.5 cm³/mol. The number of rotatable bonds is 2. The van der Waals surface area contributed by atoms with Crippen LogP contribution in [0.5, 0.6) is 0 Å². The lowest BCUT2D eigenvalue weighted by molar-refractivity contribution is -0.126. The Morgan fingerprint density at radius 2 is 1.75 bits per heavy atom. The smallest absolute Gasteiger partial charge is 0.224 e. The molecule has 3 saturated heterocycles. The lowest BCUT2D eigenvalue weighted by atomic mass is 9.79. The number of hydrogen-bond acceptors (Lipinski definition) is 3. The first kappa shape index (κ1) is 14.3. The van der Waals surface area contributed by atoms with Gasteiger partial charge in [-0.25, -0.2) is 0 Å². The average Bonchev–Trinajstić information content (AvgIpc) is 2.85. The first-order valence-electron chi connectivity index (χ1n) is 8.10. The number of piperidine rings is 1. The lowest BCUT2D eigenvalue weighted by Gasteiger charge is -2.46. The molecule has 0 aliphatic carbocycles. The molecule has 0 aromatic carbocycles. The summed E-state index contributed by atoms with van der Waals surface area (Å²) in [6, 6.07) is 1.33. The van der Waals surface area contributed by atoms with Crippen molar-refractivity contribution in [3.63, 3.8) is 0 Å². The molecule has 0 aromatic heterocycles. The minimum absolute atomic E-state index is 0.0899. The first-order chi connectivity index (χ1) is 9.24. The van der Waals surface area contributed by atoms with Crippen molar-refractivity contribution >= 4 is 5.91 Å². The summed E-state index contributed by atoms with van der Waals surface area (Å²) >= 11 is 0. The Kier molecular flexibility index (Phi) is 3.37. The van der Waals surface area contributed by atoms with Crippen molar-refractivity contribution in [2.75, 3.05) is 0 Å². The Balaban J connectivity index is 1.61. The molecule has 3 atom stereocenters. The van der Waals surface area contributed by atoms with Crippen molar-refractivity contribution in [1.82, 2.24) is 16.0 Å². The van der Waals surface area contributed by atoms with Gasteiger partial charge in [0.2, 0.25) is 5.91 Å². The van der Waals surface area contributed by atoms with Crippen LogP contribution in [0.15, 0.2) is 0 Å². The molecular formula is C16H29N3O. The van der Waals surface area contributed by atoms with E-state index in [-0.39, 0.29) is 22.9 Å². The van der Waals surface area contributed by atoms with E-state index in [1.807, 2.05) is 0 Å². The minimum Gasteiger partial charge on any atom is -0.353 e. The second-order valence-corrected chi connectivity index (χ2v) is 8.40. The van der Waals surface area contributed by atoms with Crippen LogP contribution in [-0.2, 0) is 4.79 Å². The third-order valence-corrected chi connectivity index (χ3v) is 5.17. The zero-order chi connectivity index (χ0) is 14.5. The number of carbonyl (C=O) groups is 1. The summed E-state index contributed by atoms with van der Waals surface area (Å²) in [7, 11) is 0. The fourth-order valence-corrected chi connectivity index (χ4v) is 4.85. The SMILES string of the molecule is CC1(C)CC(NC(=O)C2CC3CCC2N3)CC(C)(C)N1. The van der Waals surface area contributed by atoms with E-state index >= 15 is 0 Å². The summed E-state index contributed by atoms with van der Waals surface area (Å²) in [4.78, 5) is 12.6. The minimum atomic E-state index is 0.0899. The van der Waals surface area contributed by atoms with Gasteiger partial charge < -0.3 is 16.0 Å². The van der Waals surface area contributed by atoms with Crippen LogP contribution in [0.25, 0.3) is 0 Å². The van der Waals surface area contributed by atoms with Gasteiger partial charge in [0.15, 0.2) is 0 Å². The van der Waals surface area contributed by atoms with E-state index in [4.69, 9.17) is 0 Å². The molecule has 0 spiro atoms. The summed E-state index contributed by atoms with van der Waals surface area (Å²) in [5.41, 5.74) is 0.180. The fraction of sp³-hybridized carbons (Fsp3) is 0.938. The number of amides is 1. The molecule has 3 unspecified atom stereocenters. The van der Waals surface area contributed by atoms with Crippen LogP contribution >= 0.6 is 0 Å². The van der Waals surface area contributed by atoms with Gasteiger partial charge in [0, 0.05) is 29.2 Å². The zero-order valence-electron chi connectivity index (χ0n) is 13.3. The van der Waals surface area contributed by atoms with Crippen LogP contribution in [0.3, 0.4) is 0 Å². The number of carbonyl (C=O) groups excluding carboxylic acids is 1. The Morgan fingerprint density at radius 1 is 1.10 bits per heavy atom. The van der Waals surface area contributed by atoms with Gasteiger partial charge in [0.05, 0.1) is 5.92 Å². The number of hydrogen-bond donors (Lipinski definition) is 3.